The quantitative estimate of drug-likeness (QED) is 0.722. The predicted octanol–water partition coefficient (Wildman–Crippen LogP) is 2.22. The minimum absolute atomic E-state index is 0.133. The van der Waals surface area contributed by atoms with Crippen molar-refractivity contribution in [2.24, 2.45) is 0 Å². The van der Waals surface area contributed by atoms with Crippen LogP contribution in [0, 0.1) is 0 Å². The summed E-state index contributed by atoms with van der Waals surface area (Å²) >= 11 is 0. The summed E-state index contributed by atoms with van der Waals surface area (Å²) in [6, 6.07) is 9.03. The molecule has 0 saturated heterocycles. The molecule has 2 atom stereocenters. The highest BCUT2D eigenvalue weighted by molar-refractivity contribution is 5.74. The summed E-state index contributed by atoms with van der Waals surface area (Å²) in [5.41, 5.74) is 0.455. The number of benzene rings is 1. The number of aliphatic hydroxyl groups is 1. The zero-order chi connectivity index (χ0) is 15.9. The van der Waals surface area contributed by atoms with Gasteiger partial charge < -0.3 is 20.5 Å². The van der Waals surface area contributed by atoms with Crippen molar-refractivity contribution in [2.75, 3.05) is 13.7 Å². The Hall–Kier alpha value is -1.59. The fourth-order valence-corrected chi connectivity index (χ4v) is 1.85. The van der Waals surface area contributed by atoms with Gasteiger partial charge in [0.1, 0.15) is 0 Å². The standard InChI is InChI=1S/C16H26N2O3/c1-12(10-14(19)13-8-6-5-7-9-13)18-15(20)17-11-16(2,3)21-4/h5-9,12,14,19H,10-11H2,1-4H3,(H2,17,18,20). The van der Waals surface area contributed by atoms with Gasteiger partial charge in [-0.05, 0) is 32.8 Å². The van der Waals surface area contributed by atoms with Crippen LogP contribution in [0.3, 0.4) is 0 Å². The second-order valence-electron chi connectivity index (χ2n) is 5.85. The molecule has 5 nitrogen and oxygen atoms in total. The molecule has 1 rings (SSSR count). The highest BCUT2D eigenvalue weighted by Crippen LogP contribution is 2.17. The maximum Gasteiger partial charge on any atom is 0.315 e. The van der Waals surface area contributed by atoms with E-state index in [0.717, 1.165) is 5.56 Å². The Morgan fingerprint density at radius 1 is 1.33 bits per heavy atom. The molecule has 0 radical (unpaired) electrons. The average molecular weight is 294 g/mol. The van der Waals surface area contributed by atoms with Gasteiger partial charge in [0.05, 0.1) is 11.7 Å². The summed E-state index contributed by atoms with van der Waals surface area (Å²) in [5.74, 6) is 0. The Bertz CT molecular complexity index is 434. The van der Waals surface area contributed by atoms with E-state index in [2.05, 4.69) is 10.6 Å². The van der Waals surface area contributed by atoms with Gasteiger partial charge in [0.2, 0.25) is 0 Å². The monoisotopic (exact) mass is 294 g/mol. The first-order valence-electron chi connectivity index (χ1n) is 7.16. The summed E-state index contributed by atoms with van der Waals surface area (Å²) in [5, 5.41) is 15.7. The number of carbonyl (C=O) groups is 1. The van der Waals surface area contributed by atoms with Gasteiger partial charge in [-0.2, -0.15) is 0 Å². The van der Waals surface area contributed by atoms with E-state index in [0.29, 0.717) is 13.0 Å². The topological polar surface area (TPSA) is 70.6 Å². The molecule has 0 aliphatic carbocycles. The molecular formula is C16H26N2O3. The van der Waals surface area contributed by atoms with Crippen LogP contribution in [0.15, 0.2) is 30.3 Å². The Labute approximate surface area is 126 Å². The van der Waals surface area contributed by atoms with E-state index in [-0.39, 0.29) is 12.1 Å². The molecule has 2 amide bonds. The van der Waals surface area contributed by atoms with E-state index in [1.54, 1.807) is 7.11 Å². The lowest BCUT2D eigenvalue weighted by atomic mass is 10.0. The first kappa shape index (κ1) is 17.5. The van der Waals surface area contributed by atoms with Gasteiger partial charge >= 0.3 is 6.03 Å². The van der Waals surface area contributed by atoms with Crippen LogP contribution in [-0.2, 0) is 4.74 Å². The number of hydrogen-bond acceptors (Lipinski definition) is 3. The number of hydrogen-bond donors (Lipinski definition) is 3. The second kappa shape index (κ2) is 8.00. The number of amides is 2. The molecule has 0 fully saturated rings. The molecule has 1 aromatic carbocycles. The molecule has 3 N–H and O–H groups in total. The largest absolute Gasteiger partial charge is 0.388 e. The fraction of sp³-hybridized carbons (Fsp3) is 0.562. The Balaban J connectivity index is 2.36. The zero-order valence-electron chi connectivity index (χ0n) is 13.2. The number of methoxy groups -OCH3 is 1. The molecule has 21 heavy (non-hydrogen) atoms. The molecule has 0 bridgehead atoms. The summed E-state index contributed by atoms with van der Waals surface area (Å²) < 4.78 is 5.23. The fourth-order valence-electron chi connectivity index (χ4n) is 1.85. The first-order chi connectivity index (χ1) is 9.84. The predicted molar refractivity (Wildman–Crippen MR) is 83.1 cm³/mol. The third-order valence-corrected chi connectivity index (χ3v) is 3.37. The molecule has 118 valence electrons. The average Bonchev–Trinajstić information content (AvgIpc) is 2.46. The Kier molecular flexibility index (Phi) is 6.65. The number of nitrogens with one attached hydrogen (secondary N) is 2. The molecular weight excluding hydrogens is 268 g/mol. The lowest BCUT2D eigenvalue weighted by molar-refractivity contribution is 0.0252. The maximum atomic E-state index is 11.8. The van der Waals surface area contributed by atoms with Crippen molar-refractivity contribution in [3.63, 3.8) is 0 Å². The smallest absolute Gasteiger partial charge is 0.315 e. The molecule has 0 aromatic heterocycles. The minimum Gasteiger partial charge on any atom is -0.388 e. The minimum atomic E-state index is -0.586. The molecule has 0 heterocycles. The second-order valence-corrected chi connectivity index (χ2v) is 5.85. The Morgan fingerprint density at radius 3 is 2.52 bits per heavy atom. The highest BCUT2D eigenvalue weighted by Gasteiger charge is 2.18. The molecule has 0 aliphatic rings. The van der Waals surface area contributed by atoms with Gasteiger partial charge in [-0.3, -0.25) is 0 Å². The summed E-state index contributed by atoms with van der Waals surface area (Å²) in [4.78, 5) is 11.8. The lowest BCUT2D eigenvalue weighted by Crippen LogP contribution is -2.47. The Morgan fingerprint density at radius 2 is 1.95 bits per heavy atom. The van der Waals surface area contributed by atoms with Crippen LogP contribution in [0.5, 0.6) is 0 Å². The van der Waals surface area contributed by atoms with Crippen LogP contribution in [0.25, 0.3) is 0 Å². The highest BCUT2D eigenvalue weighted by atomic mass is 16.5. The number of urea groups is 1. The van der Waals surface area contributed by atoms with E-state index in [4.69, 9.17) is 4.74 Å². The molecule has 1 aromatic rings. The first-order valence-corrected chi connectivity index (χ1v) is 7.16. The molecule has 0 saturated carbocycles. The van der Waals surface area contributed by atoms with Gasteiger partial charge in [-0.1, -0.05) is 30.3 Å². The van der Waals surface area contributed by atoms with Crippen molar-refractivity contribution >= 4 is 6.03 Å². The van der Waals surface area contributed by atoms with Crippen molar-refractivity contribution in [3.8, 4) is 0 Å². The van der Waals surface area contributed by atoms with Gasteiger partial charge in [-0.25, -0.2) is 4.79 Å². The lowest BCUT2D eigenvalue weighted by Gasteiger charge is -2.24. The van der Waals surface area contributed by atoms with E-state index < -0.39 is 11.7 Å². The van der Waals surface area contributed by atoms with Crippen LogP contribution in [-0.4, -0.2) is 36.4 Å². The van der Waals surface area contributed by atoms with Gasteiger partial charge in [0.15, 0.2) is 0 Å². The van der Waals surface area contributed by atoms with Crippen molar-refractivity contribution in [1.29, 1.82) is 0 Å². The van der Waals surface area contributed by atoms with Crippen LogP contribution >= 0.6 is 0 Å². The van der Waals surface area contributed by atoms with Gasteiger partial charge in [0.25, 0.3) is 0 Å². The van der Waals surface area contributed by atoms with Crippen molar-refractivity contribution in [2.45, 2.75) is 44.9 Å². The maximum absolute atomic E-state index is 11.8. The normalized spacial score (nSPS) is 14.3. The van der Waals surface area contributed by atoms with Crippen molar-refractivity contribution in [1.82, 2.24) is 10.6 Å². The van der Waals surface area contributed by atoms with E-state index in [1.165, 1.54) is 0 Å². The molecule has 2 unspecified atom stereocenters. The molecule has 0 aliphatic heterocycles. The number of carbonyl (C=O) groups excluding carboxylic acids is 1. The van der Waals surface area contributed by atoms with Crippen LogP contribution < -0.4 is 10.6 Å². The van der Waals surface area contributed by atoms with Crippen molar-refractivity contribution in [3.05, 3.63) is 35.9 Å². The van der Waals surface area contributed by atoms with E-state index in [9.17, 15) is 9.90 Å². The van der Waals surface area contributed by atoms with Crippen LogP contribution in [0.2, 0.25) is 0 Å². The third kappa shape index (κ3) is 6.60. The molecule has 5 heteroatoms. The van der Waals surface area contributed by atoms with Crippen LogP contribution in [0.4, 0.5) is 4.79 Å². The summed E-state index contributed by atoms with van der Waals surface area (Å²) in [6.45, 7) is 6.09. The van der Waals surface area contributed by atoms with Crippen LogP contribution in [0.1, 0.15) is 38.9 Å². The zero-order valence-corrected chi connectivity index (χ0v) is 13.2. The number of rotatable bonds is 7. The van der Waals surface area contributed by atoms with Gasteiger partial charge in [-0.15, -0.1) is 0 Å². The van der Waals surface area contributed by atoms with E-state index in [1.807, 2.05) is 51.1 Å². The third-order valence-electron chi connectivity index (χ3n) is 3.37. The number of ether oxygens (including phenoxy) is 1. The summed E-state index contributed by atoms with van der Waals surface area (Å²) in [6.07, 6.45) is -0.123. The molecule has 0 spiro atoms. The summed E-state index contributed by atoms with van der Waals surface area (Å²) in [7, 11) is 1.61. The number of aliphatic hydroxyl groups excluding tert-OH is 1. The van der Waals surface area contributed by atoms with Gasteiger partial charge in [0, 0.05) is 19.7 Å². The van der Waals surface area contributed by atoms with Crippen molar-refractivity contribution < 1.29 is 14.6 Å². The SMILES string of the molecule is COC(C)(C)CNC(=O)NC(C)CC(O)c1ccccc1. The van der Waals surface area contributed by atoms with E-state index >= 15 is 0 Å².